The summed E-state index contributed by atoms with van der Waals surface area (Å²) in [5, 5.41) is 33.5. The number of benzene rings is 1. The Hall–Kier alpha value is -3.24. The molecule has 0 spiro atoms. The lowest BCUT2D eigenvalue weighted by Crippen LogP contribution is -2.40. The van der Waals surface area contributed by atoms with Gasteiger partial charge < -0.3 is 40.6 Å². The zero-order valence-corrected chi connectivity index (χ0v) is 28.6. The van der Waals surface area contributed by atoms with E-state index in [2.05, 4.69) is 19.2 Å². The Morgan fingerprint density at radius 3 is 2.47 bits per heavy atom. The fourth-order valence-corrected chi connectivity index (χ4v) is 8.37. The number of allylic oxidation sites excluding steroid dienone is 2. The number of aliphatic hydroxyl groups excluding tert-OH is 2. The largest absolute Gasteiger partial charge is 0.504 e. The van der Waals surface area contributed by atoms with Crippen molar-refractivity contribution in [2.45, 2.75) is 97.7 Å². The van der Waals surface area contributed by atoms with Gasteiger partial charge in [0.25, 0.3) is 0 Å². The number of dihydropyridines is 1. The molecule has 4 rings (SSSR count). The van der Waals surface area contributed by atoms with E-state index in [1.54, 1.807) is 12.1 Å². The van der Waals surface area contributed by atoms with E-state index in [4.69, 9.17) is 19.9 Å². The third-order valence-electron chi connectivity index (χ3n) is 10.4. The van der Waals surface area contributed by atoms with Gasteiger partial charge in [0.05, 0.1) is 12.4 Å². The highest BCUT2D eigenvalue weighted by molar-refractivity contribution is 5.79. The number of esters is 2. The van der Waals surface area contributed by atoms with Crippen LogP contribution in [0.15, 0.2) is 30.1 Å². The van der Waals surface area contributed by atoms with Crippen LogP contribution < -0.4 is 15.8 Å². The van der Waals surface area contributed by atoms with Gasteiger partial charge >= 0.3 is 11.9 Å². The monoisotopic (exact) mass is 656 g/mol. The van der Waals surface area contributed by atoms with Crippen LogP contribution in [-0.4, -0.2) is 65.8 Å². The second-order valence-electron chi connectivity index (χ2n) is 14.2. The van der Waals surface area contributed by atoms with Crippen molar-refractivity contribution in [3.8, 4) is 11.5 Å². The third-order valence-corrected chi connectivity index (χ3v) is 10.4. The summed E-state index contributed by atoms with van der Waals surface area (Å²) < 4.78 is 17.6. The van der Waals surface area contributed by atoms with Gasteiger partial charge in [-0.2, -0.15) is 0 Å². The Balaban J connectivity index is 1.61. The highest BCUT2D eigenvalue weighted by Gasteiger charge is 2.40. The Bertz CT molecular complexity index is 1280. The highest BCUT2D eigenvalue weighted by Crippen LogP contribution is 2.47. The van der Waals surface area contributed by atoms with Crippen LogP contribution in [0.1, 0.15) is 90.2 Å². The first-order valence-corrected chi connectivity index (χ1v) is 17.4. The number of fused-ring (bicyclic) bond motifs is 2. The Kier molecular flexibility index (Phi) is 13.4. The van der Waals surface area contributed by atoms with Crippen molar-refractivity contribution in [1.29, 1.82) is 0 Å². The minimum atomic E-state index is -0.541. The van der Waals surface area contributed by atoms with Crippen molar-refractivity contribution in [3.63, 3.8) is 0 Å². The fourth-order valence-electron chi connectivity index (χ4n) is 8.37. The molecular weight excluding hydrogens is 600 g/mol. The molecule has 0 aromatic heterocycles. The number of aliphatic hydroxyl groups is 2. The molecule has 3 aliphatic rings. The van der Waals surface area contributed by atoms with Crippen LogP contribution in [0.2, 0.25) is 0 Å². The van der Waals surface area contributed by atoms with Crippen LogP contribution in [0.4, 0.5) is 0 Å². The molecule has 1 aromatic rings. The molecule has 10 heteroatoms. The maximum absolute atomic E-state index is 12.5. The number of rotatable bonds is 14. The molecule has 0 radical (unpaired) electrons. The third kappa shape index (κ3) is 10.4. The average Bonchev–Trinajstić information content (AvgIpc) is 3.00. The molecule has 7 atom stereocenters. The second-order valence-corrected chi connectivity index (χ2v) is 14.2. The maximum atomic E-state index is 12.5. The summed E-state index contributed by atoms with van der Waals surface area (Å²) in [6.45, 7) is 7.90. The quantitative estimate of drug-likeness (QED) is 0.176. The molecule has 6 N–H and O–H groups in total. The van der Waals surface area contributed by atoms with Crippen molar-refractivity contribution in [2.24, 2.45) is 41.2 Å². The van der Waals surface area contributed by atoms with Gasteiger partial charge in [0, 0.05) is 33.4 Å². The molecule has 0 amide bonds. The molecule has 7 unspecified atom stereocenters. The molecule has 1 aliphatic heterocycles. The van der Waals surface area contributed by atoms with E-state index >= 15 is 0 Å². The number of nitrogens with two attached hydrogens (primary N) is 1. The molecule has 1 aromatic carbocycles. The second kappa shape index (κ2) is 17.2. The average molecular weight is 657 g/mol. The minimum absolute atomic E-state index is 0.0293. The van der Waals surface area contributed by atoms with Gasteiger partial charge in [-0.15, -0.1) is 0 Å². The number of carbonyl (C=O) groups excluding carboxylic acids is 2. The summed E-state index contributed by atoms with van der Waals surface area (Å²) in [7, 11) is 0. The summed E-state index contributed by atoms with van der Waals surface area (Å²) in [5.74, 6) is 2.45. The van der Waals surface area contributed by atoms with Gasteiger partial charge in [-0.25, -0.2) is 0 Å². The normalized spacial score (nSPS) is 25.7. The van der Waals surface area contributed by atoms with Gasteiger partial charge in [0.1, 0.15) is 18.8 Å². The molecule has 0 saturated heterocycles. The molecular formula is C37H56N2O8. The number of phenolic OH excluding ortho intramolecular Hbond substituents is 1. The van der Waals surface area contributed by atoms with Crippen LogP contribution in [0.25, 0.3) is 5.57 Å². The maximum Gasteiger partial charge on any atom is 0.302 e. The van der Waals surface area contributed by atoms with Crippen LogP contribution in [0, 0.1) is 35.5 Å². The first kappa shape index (κ1) is 36.6. The van der Waals surface area contributed by atoms with Gasteiger partial charge in [-0.1, -0.05) is 26.3 Å². The van der Waals surface area contributed by atoms with E-state index in [0.29, 0.717) is 55.3 Å². The summed E-state index contributed by atoms with van der Waals surface area (Å²) in [5.41, 5.74) is 8.54. The summed E-state index contributed by atoms with van der Waals surface area (Å²) in [4.78, 5) is 24.9. The lowest BCUT2D eigenvalue weighted by atomic mass is 9.62. The summed E-state index contributed by atoms with van der Waals surface area (Å²) in [6, 6.07) is 3.39. The zero-order chi connectivity index (χ0) is 34.1. The number of hydrogen-bond acceptors (Lipinski definition) is 10. The first-order chi connectivity index (χ1) is 22.5. The number of nitrogens with one attached hydrogen (secondary N) is 1. The SMILES string of the molecule is CC(=O)OC(CCc1cc(OCCO)c(O)cc1C1=CCNC(N)=C1)CC(OC(C)=O)C1CC(CO)CC2CCC(C(C)C)C(C2)C1. The Labute approximate surface area is 279 Å². The number of aromatic hydroxyl groups is 1. The lowest BCUT2D eigenvalue weighted by molar-refractivity contribution is -0.157. The van der Waals surface area contributed by atoms with Crippen LogP contribution >= 0.6 is 0 Å². The molecule has 1 heterocycles. The van der Waals surface area contributed by atoms with Crippen molar-refractivity contribution in [3.05, 3.63) is 41.2 Å². The van der Waals surface area contributed by atoms with Gasteiger partial charge in [0.15, 0.2) is 11.5 Å². The standard InChI is InChI=1S/C37H56N2O8/c1-22(2)32-8-5-25-13-26(21-41)15-30(16-29(32)14-25)35(47-24(4)43)19-31(46-23(3)42)7-6-27-17-36(45-12-11-40)34(44)20-33(27)28-9-10-39-37(38)18-28/h9,17-18,20,22,25-26,29-32,35,39-41,44H,5-8,10-16,19,21,38H2,1-4H3. The van der Waals surface area contributed by atoms with E-state index in [9.17, 15) is 24.9 Å². The number of hydrogen-bond donors (Lipinski definition) is 5. The number of ether oxygens (including phenoxy) is 3. The topological polar surface area (TPSA) is 161 Å². The fraction of sp³-hybridized carbons (Fsp3) is 0.676. The van der Waals surface area contributed by atoms with E-state index in [1.165, 1.54) is 26.7 Å². The number of phenols is 1. The predicted octanol–water partition coefficient (Wildman–Crippen LogP) is 4.83. The van der Waals surface area contributed by atoms with Crippen molar-refractivity contribution < 1.29 is 39.1 Å². The van der Waals surface area contributed by atoms with Crippen molar-refractivity contribution in [1.82, 2.24) is 5.32 Å². The van der Waals surface area contributed by atoms with Crippen molar-refractivity contribution >= 4 is 17.5 Å². The molecule has 2 saturated carbocycles. The Morgan fingerprint density at radius 1 is 1.04 bits per heavy atom. The van der Waals surface area contributed by atoms with E-state index < -0.39 is 18.2 Å². The van der Waals surface area contributed by atoms with E-state index in [1.807, 2.05) is 12.2 Å². The molecule has 2 bridgehead atoms. The summed E-state index contributed by atoms with van der Waals surface area (Å²) in [6.07, 6.45) is 10.3. The highest BCUT2D eigenvalue weighted by atomic mass is 16.6. The predicted molar refractivity (Wildman–Crippen MR) is 180 cm³/mol. The molecule has 47 heavy (non-hydrogen) atoms. The van der Waals surface area contributed by atoms with E-state index in [0.717, 1.165) is 42.4 Å². The van der Waals surface area contributed by atoms with Crippen LogP contribution in [-0.2, 0) is 25.5 Å². The van der Waals surface area contributed by atoms with E-state index in [-0.39, 0.29) is 49.1 Å². The minimum Gasteiger partial charge on any atom is -0.504 e. The molecule has 2 fully saturated rings. The molecule has 262 valence electrons. The van der Waals surface area contributed by atoms with Gasteiger partial charge in [-0.3, -0.25) is 9.59 Å². The van der Waals surface area contributed by atoms with Crippen LogP contribution in [0.5, 0.6) is 11.5 Å². The van der Waals surface area contributed by atoms with Crippen molar-refractivity contribution in [2.75, 3.05) is 26.4 Å². The number of carbonyl (C=O) groups is 2. The summed E-state index contributed by atoms with van der Waals surface area (Å²) >= 11 is 0. The smallest absolute Gasteiger partial charge is 0.302 e. The first-order valence-electron chi connectivity index (χ1n) is 17.4. The zero-order valence-electron chi connectivity index (χ0n) is 28.6. The van der Waals surface area contributed by atoms with Gasteiger partial charge in [0.2, 0.25) is 0 Å². The Morgan fingerprint density at radius 2 is 1.81 bits per heavy atom. The lowest BCUT2D eigenvalue weighted by Gasteiger charge is -2.45. The van der Waals surface area contributed by atoms with Crippen LogP contribution in [0.3, 0.4) is 0 Å². The number of aryl methyl sites for hydroxylation is 1. The molecule has 10 nitrogen and oxygen atoms in total. The van der Waals surface area contributed by atoms with Gasteiger partial charge in [-0.05, 0) is 115 Å². The molecule has 2 aliphatic carbocycles.